The molecule has 8 nitrogen and oxygen atoms in total. The minimum atomic E-state index is 0.181. The van der Waals surface area contributed by atoms with E-state index in [1.165, 1.54) is 73.6 Å². The highest BCUT2D eigenvalue weighted by atomic mass is 16.3. The molecule has 4 aliphatic rings. The van der Waals surface area contributed by atoms with Crippen LogP contribution in [0.4, 0.5) is 0 Å². The number of hydrogen-bond acceptors (Lipinski definition) is 8. The van der Waals surface area contributed by atoms with Crippen molar-refractivity contribution >= 4 is 43.6 Å². The third-order valence-electron chi connectivity index (χ3n) is 18.6. The van der Waals surface area contributed by atoms with Gasteiger partial charge in [0.15, 0.2) is 0 Å². The molecule has 0 saturated heterocycles. The summed E-state index contributed by atoms with van der Waals surface area (Å²) in [6.45, 7) is 0. The molecule has 4 heterocycles. The first-order valence-electron chi connectivity index (χ1n) is 26.1. The molecule has 0 bridgehead atoms. The first-order valence-corrected chi connectivity index (χ1v) is 26.1. The first-order chi connectivity index (χ1) is 33.9. The molecule has 69 heavy (non-hydrogen) atoms. The fourth-order valence-corrected chi connectivity index (χ4v) is 15.8. The van der Waals surface area contributed by atoms with E-state index in [0.29, 0.717) is 69.4 Å². The van der Waals surface area contributed by atoms with E-state index < -0.39 is 0 Å². The summed E-state index contributed by atoms with van der Waals surface area (Å²) in [6, 6.07) is 32.4. The zero-order valence-electron chi connectivity index (χ0n) is 39.6. The molecular weight excluding hydrogens is 853 g/mol. The van der Waals surface area contributed by atoms with Crippen molar-refractivity contribution in [3.05, 3.63) is 144 Å². The Hall–Kier alpha value is -6.28. The molecule has 0 atom stereocenters. The lowest BCUT2D eigenvalue weighted by Gasteiger charge is -2.61. The Morgan fingerprint density at radius 3 is 0.725 bits per heavy atom. The summed E-state index contributed by atoms with van der Waals surface area (Å²) in [5, 5.41) is 47.7. The maximum Gasteiger partial charge on any atom is 0.141 e. The lowest BCUT2D eigenvalue weighted by Crippen LogP contribution is -2.53. The molecule has 8 aromatic rings. The van der Waals surface area contributed by atoms with Gasteiger partial charge < -0.3 is 20.4 Å². The van der Waals surface area contributed by atoms with Gasteiger partial charge in [0.1, 0.15) is 45.1 Å². The third-order valence-corrected chi connectivity index (χ3v) is 18.6. The first kappa shape index (κ1) is 44.0. The van der Waals surface area contributed by atoms with Crippen molar-refractivity contribution in [1.82, 2.24) is 19.9 Å². The second kappa shape index (κ2) is 18.2. The molecule has 0 amide bonds. The summed E-state index contributed by atoms with van der Waals surface area (Å²) in [5.74, 6) is 5.17. The number of rotatable bonds is 8. The van der Waals surface area contributed by atoms with E-state index in [1.54, 1.807) is 24.3 Å². The van der Waals surface area contributed by atoms with Crippen LogP contribution in [0.25, 0.3) is 43.6 Å². The predicted molar refractivity (Wildman–Crippen MR) is 275 cm³/mol. The Morgan fingerprint density at radius 1 is 0.290 bits per heavy atom. The number of pyridine rings is 4. The van der Waals surface area contributed by atoms with Gasteiger partial charge in [-0.15, -0.1) is 0 Å². The van der Waals surface area contributed by atoms with Gasteiger partial charge in [0.05, 0.1) is 0 Å². The number of phenolic OH excluding ortho intramolecular Hbond substituents is 4. The maximum atomic E-state index is 10.8. The van der Waals surface area contributed by atoms with E-state index in [4.69, 9.17) is 0 Å². The van der Waals surface area contributed by atoms with E-state index in [-0.39, 0.29) is 28.4 Å². The van der Waals surface area contributed by atoms with Crippen molar-refractivity contribution in [1.29, 1.82) is 0 Å². The van der Waals surface area contributed by atoms with E-state index >= 15 is 0 Å². The number of aromatic nitrogens is 4. The number of aromatic hydroxyl groups is 4. The van der Waals surface area contributed by atoms with Gasteiger partial charge in [0.2, 0.25) is 0 Å². The smallest absolute Gasteiger partial charge is 0.141 e. The minimum absolute atomic E-state index is 0.181. The van der Waals surface area contributed by atoms with Crippen molar-refractivity contribution in [2.75, 3.05) is 0 Å². The van der Waals surface area contributed by atoms with Gasteiger partial charge in [0, 0.05) is 46.3 Å². The van der Waals surface area contributed by atoms with Crippen LogP contribution in [0.5, 0.6) is 23.0 Å². The van der Waals surface area contributed by atoms with Crippen molar-refractivity contribution in [2.45, 2.75) is 126 Å². The van der Waals surface area contributed by atoms with Crippen LogP contribution < -0.4 is 0 Å². The molecule has 0 aliphatic heterocycles. The van der Waals surface area contributed by atoms with Crippen LogP contribution in [0.1, 0.15) is 149 Å². The minimum Gasteiger partial charge on any atom is -0.506 e. The lowest BCUT2D eigenvalue weighted by atomic mass is 9.44. The van der Waals surface area contributed by atoms with Gasteiger partial charge in [-0.3, -0.25) is 19.9 Å². The maximum absolute atomic E-state index is 10.8. The highest BCUT2D eigenvalue weighted by Gasteiger charge is 2.56. The van der Waals surface area contributed by atoms with E-state index in [9.17, 15) is 20.4 Å². The summed E-state index contributed by atoms with van der Waals surface area (Å²) in [7, 11) is 0. The van der Waals surface area contributed by atoms with Crippen molar-refractivity contribution in [3.63, 3.8) is 0 Å². The van der Waals surface area contributed by atoms with Crippen molar-refractivity contribution in [3.8, 4) is 23.0 Å². The molecule has 4 aromatic carbocycles. The van der Waals surface area contributed by atoms with E-state index in [0.717, 1.165) is 72.9 Å². The van der Waals surface area contributed by atoms with Crippen LogP contribution in [-0.4, -0.2) is 40.4 Å². The van der Waals surface area contributed by atoms with Crippen molar-refractivity contribution in [2.24, 2.45) is 29.1 Å². The molecule has 4 N–H and O–H groups in total. The largest absolute Gasteiger partial charge is 0.506 e. The normalized spacial score (nSPS) is 26.6. The van der Waals surface area contributed by atoms with Crippen LogP contribution in [0.2, 0.25) is 0 Å². The lowest BCUT2D eigenvalue weighted by molar-refractivity contribution is -0.111. The predicted octanol–water partition coefficient (Wildman–Crippen LogP) is 14.9. The average Bonchev–Trinajstić information content (AvgIpc) is 3.40. The number of nitrogens with zero attached hydrogens (tertiary/aromatic N) is 4. The molecule has 12 rings (SSSR count). The SMILES string of the molecule is Oc1cccc2c(C3CCC(C(C4CCC(c5ccnc6c(O)cccc56)CC4)(C4CCC(c5ccnc6c(O)cccc56)CC4)C4CCC(c5ccnc6c(O)cccc56)CC4)CC3)ccnc12. The Kier molecular flexibility index (Phi) is 11.6. The average molecular weight is 917 g/mol. The Balaban J connectivity index is 0.914. The zero-order chi connectivity index (χ0) is 46.6. The molecule has 4 aliphatic carbocycles. The Morgan fingerprint density at radius 2 is 0.507 bits per heavy atom. The topological polar surface area (TPSA) is 132 Å². The third kappa shape index (κ3) is 7.64. The number of benzene rings is 4. The molecule has 4 aromatic heterocycles. The highest BCUT2D eigenvalue weighted by molar-refractivity contribution is 5.90. The standard InChI is InChI=1S/C61H64N4O4/c66-53-9-1-5-49-45(29-33-62-57(49)53)37-13-21-41(22-14-37)61(42-23-15-38(16-24-42)46-30-34-63-58-50(46)6-2-10-54(58)67,43-25-17-39(18-26-43)47-31-35-64-59-51(47)7-3-11-55(59)68)44-27-19-40(20-28-44)48-32-36-65-60-52(48)8-4-12-56(60)69/h1-12,29-44,66-69H,13-28H2. The molecule has 0 spiro atoms. The van der Waals surface area contributed by atoms with Gasteiger partial charge in [-0.2, -0.15) is 0 Å². The summed E-state index contributed by atoms with van der Waals surface area (Å²) in [5.41, 5.74) is 8.37. The summed E-state index contributed by atoms with van der Waals surface area (Å²) < 4.78 is 0. The number of hydrogen-bond donors (Lipinski definition) is 4. The fourth-order valence-electron chi connectivity index (χ4n) is 15.8. The Bertz CT molecular complexity index is 2730. The van der Waals surface area contributed by atoms with Gasteiger partial charge in [-0.05, 0) is 226 Å². The number of phenols is 4. The quantitative estimate of drug-likeness (QED) is 0.118. The number of fused-ring (bicyclic) bond motifs is 4. The van der Waals surface area contributed by atoms with E-state index in [1.807, 2.05) is 49.1 Å². The summed E-state index contributed by atoms with van der Waals surface area (Å²) in [6.07, 6.45) is 26.5. The fraction of sp³-hybridized carbons (Fsp3) is 0.410. The second-order valence-electron chi connectivity index (χ2n) is 21.5. The molecule has 0 unspecified atom stereocenters. The molecule has 352 valence electrons. The van der Waals surface area contributed by atoms with Gasteiger partial charge in [-0.1, -0.05) is 48.5 Å². The van der Waals surface area contributed by atoms with Crippen molar-refractivity contribution < 1.29 is 20.4 Å². The molecular formula is C61H64N4O4. The van der Waals surface area contributed by atoms with Crippen LogP contribution in [-0.2, 0) is 0 Å². The van der Waals surface area contributed by atoms with E-state index in [2.05, 4.69) is 68.5 Å². The number of para-hydroxylation sites is 4. The van der Waals surface area contributed by atoms with Gasteiger partial charge >= 0.3 is 0 Å². The monoisotopic (exact) mass is 916 g/mol. The summed E-state index contributed by atoms with van der Waals surface area (Å²) in [4.78, 5) is 18.5. The van der Waals surface area contributed by atoms with Crippen LogP contribution in [0.15, 0.2) is 122 Å². The van der Waals surface area contributed by atoms with Gasteiger partial charge in [-0.25, -0.2) is 0 Å². The molecule has 8 heteroatoms. The van der Waals surface area contributed by atoms with Gasteiger partial charge in [0.25, 0.3) is 0 Å². The molecule has 4 saturated carbocycles. The Labute approximate surface area is 404 Å². The zero-order valence-corrected chi connectivity index (χ0v) is 39.6. The second-order valence-corrected chi connectivity index (χ2v) is 21.5. The molecule has 4 fully saturated rings. The highest BCUT2D eigenvalue weighted by Crippen LogP contribution is 2.66. The van der Waals surface area contributed by atoms with Crippen LogP contribution in [0, 0.1) is 29.1 Å². The van der Waals surface area contributed by atoms with Crippen LogP contribution >= 0.6 is 0 Å². The summed E-state index contributed by atoms with van der Waals surface area (Å²) >= 11 is 0. The molecule has 0 radical (unpaired) electrons. The van der Waals surface area contributed by atoms with Crippen LogP contribution in [0.3, 0.4) is 0 Å².